The molecule has 2 aromatic heterocycles. The molecular formula is C12H8N4O4. The molecule has 0 fully saturated rings. The molecule has 0 aliphatic heterocycles. The smallest absolute Gasteiger partial charge is 0.336 e. The zero-order valence-corrected chi connectivity index (χ0v) is 9.93. The van der Waals surface area contributed by atoms with Gasteiger partial charge in [0.25, 0.3) is 5.56 Å². The Morgan fingerprint density at radius 3 is 2.60 bits per heavy atom. The van der Waals surface area contributed by atoms with Gasteiger partial charge in [0, 0.05) is 5.56 Å². The van der Waals surface area contributed by atoms with Crippen LogP contribution in [0.15, 0.2) is 33.9 Å². The van der Waals surface area contributed by atoms with Crippen LogP contribution in [-0.4, -0.2) is 31.0 Å². The summed E-state index contributed by atoms with van der Waals surface area (Å²) in [6.45, 7) is 0. The number of nitrogens with one attached hydrogen (secondary N) is 3. The Morgan fingerprint density at radius 2 is 1.85 bits per heavy atom. The van der Waals surface area contributed by atoms with Gasteiger partial charge >= 0.3 is 11.7 Å². The van der Waals surface area contributed by atoms with Crippen LogP contribution in [0, 0.1) is 0 Å². The van der Waals surface area contributed by atoms with E-state index in [0.29, 0.717) is 5.56 Å². The number of imidazole rings is 1. The van der Waals surface area contributed by atoms with Crippen molar-refractivity contribution in [2.45, 2.75) is 0 Å². The lowest BCUT2D eigenvalue weighted by atomic mass is 10.1. The molecule has 8 nitrogen and oxygen atoms in total. The van der Waals surface area contributed by atoms with Gasteiger partial charge in [-0.25, -0.2) is 14.6 Å². The molecule has 0 saturated carbocycles. The van der Waals surface area contributed by atoms with Gasteiger partial charge in [-0.05, 0) is 6.07 Å². The fraction of sp³-hybridized carbons (Fsp3) is 0. The van der Waals surface area contributed by atoms with E-state index < -0.39 is 17.2 Å². The summed E-state index contributed by atoms with van der Waals surface area (Å²) in [5, 5.41) is 9.13. The second-order valence-corrected chi connectivity index (χ2v) is 4.07. The third-order valence-corrected chi connectivity index (χ3v) is 2.80. The van der Waals surface area contributed by atoms with Crippen molar-refractivity contribution >= 4 is 17.1 Å². The van der Waals surface area contributed by atoms with Crippen molar-refractivity contribution in [3.05, 3.63) is 50.7 Å². The number of aromatic carboxylic acids is 1. The molecule has 0 amide bonds. The first-order valence-corrected chi connectivity index (χ1v) is 5.61. The second-order valence-electron chi connectivity index (χ2n) is 4.07. The van der Waals surface area contributed by atoms with Crippen molar-refractivity contribution < 1.29 is 9.90 Å². The molecule has 20 heavy (non-hydrogen) atoms. The average molecular weight is 272 g/mol. The summed E-state index contributed by atoms with van der Waals surface area (Å²) in [6, 6.07) is 6.23. The van der Waals surface area contributed by atoms with E-state index in [2.05, 4.69) is 19.9 Å². The van der Waals surface area contributed by atoms with E-state index in [9.17, 15) is 14.4 Å². The predicted octanol–water partition coefficient (Wildman–Crippen LogP) is 0.305. The Labute approximate surface area is 110 Å². The number of carboxylic acid groups (broad SMARTS) is 1. The minimum absolute atomic E-state index is 0.0466. The summed E-state index contributed by atoms with van der Waals surface area (Å²) < 4.78 is 0. The number of fused-ring (bicyclic) bond motifs is 1. The van der Waals surface area contributed by atoms with Gasteiger partial charge < -0.3 is 10.1 Å². The van der Waals surface area contributed by atoms with Crippen LogP contribution in [-0.2, 0) is 0 Å². The first-order chi connectivity index (χ1) is 9.56. The molecule has 1 aromatic carbocycles. The standard InChI is InChI=1S/C12H8N4O4/c17-10-7-9(15-12(20)16-10)14-8(13-7)5-3-1-2-4-6(5)11(18)19/h1-4H,(H,18,19)(H3,13,14,15,16,17,20). The molecule has 0 aliphatic carbocycles. The maximum absolute atomic E-state index is 11.6. The van der Waals surface area contributed by atoms with Gasteiger partial charge in [0.15, 0.2) is 5.65 Å². The van der Waals surface area contributed by atoms with E-state index in [1.807, 2.05) is 0 Å². The van der Waals surface area contributed by atoms with Gasteiger partial charge in [-0.2, -0.15) is 0 Å². The molecule has 3 rings (SSSR count). The molecule has 0 radical (unpaired) electrons. The average Bonchev–Trinajstić information content (AvgIpc) is 2.82. The maximum atomic E-state index is 11.6. The molecule has 100 valence electrons. The van der Waals surface area contributed by atoms with Crippen LogP contribution >= 0.6 is 0 Å². The van der Waals surface area contributed by atoms with Gasteiger partial charge in [-0.15, -0.1) is 0 Å². The van der Waals surface area contributed by atoms with Crippen molar-refractivity contribution in [3.8, 4) is 11.4 Å². The molecule has 0 saturated heterocycles. The number of H-pyrrole nitrogens is 3. The lowest BCUT2D eigenvalue weighted by Gasteiger charge is -2.01. The van der Waals surface area contributed by atoms with Crippen molar-refractivity contribution in [1.82, 2.24) is 19.9 Å². The van der Waals surface area contributed by atoms with Crippen molar-refractivity contribution in [3.63, 3.8) is 0 Å². The molecule has 0 aliphatic rings. The quantitative estimate of drug-likeness (QED) is 0.533. The summed E-state index contributed by atoms with van der Waals surface area (Å²) in [5.41, 5.74) is -0.752. The van der Waals surface area contributed by atoms with Gasteiger partial charge in [0.2, 0.25) is 0 Å². The highest BCUT2D eigenvalue weighted by molar-refractivity contribution is 5.95. The SMILES string of the molecule is O=C(O)c1ccccc1-c1nc2[nH]c(=O)[nH]c(=O)c2[nH]1. The molecule has 0 spiro atoms. The van der Waals surface area contributed by atoms with Gasteiger partial charge in [-0.1, -0.05) is 18.2 Å². The highest BCUT2D eigenvalue weighted by Gasteiger charge is 2.15. The number of rotatable bonds is 2. The number of carboxylic acids is 1. The molecule has 2 heterocycles. The van der Waals surface area contributed by atoms with Gasteiger partial charge in [0.05, 0.1) is 5.56 Å². The summed E-state index contributed by atoms with van der Waals surface area (Å²) in [6.07, 6.45) is 0. The topological polar surface area (TPSA) is 132 Å². The Morgan fingerprint density at radius 1 is 1.10 bits per heavy atom. The van der Waals surface area contributed by atoms with Crippen LogP contribution in [0.2, 0.25) is 0 Å². The number of carbonyl (C=O) groups is 1. The van der Waals surface area contributed by atoms with Crippen LogP contribution in [0.25, 0.3) is 22.6 Å². The van der Waals surface area contributed by atoms with Crippen molar-refractivity contribution in [1.29, 1.82) is 0 Å². The number of aromatic nitrogens is 4. The van der Waals surface area contributed by atoms with Crippen molar-refractivity contribution in [2.24, 2.45) is 0 Å². The molecule has 4 N–H and O–H groups in total. The third kappa shape index (κ3) is 1.79. The Kier molecular flexibility index (Phi) is 2.50. The Bertz CT molecular complexity index is 934. The van der Waals surface area contributed by atoms with E-state index in [4.69, 9.17) is 5.11 Å². The summed E-state index contributed by atoms with van der Waals surface area (Å²) >= 11 is 0. The summed E-state index contributed by atoms with van der Waals surface area (Å²) in [4.78, 5) is 45.1. The van der Waals surface area contributed by atoms with Crippen LogP contribution in [0.1, 0.15) is 10.4 Å². The zero-order chi connectivity index (χ0) is 14.3. The number of hydrogen-bond donors (Lipinski definition) is 4. The fourth-order valence-electron chi connectivity index (χ4n) is 1.94. The summed E-state index contributed by atoms with van der Waals surface area (Å²) in [5.74, 6) is -0.909. The predicted molar refractivity (Wildman–Crippen MR) is 69.7 cm³/mol. The molecule has 0 atom stereocenters. The third-order valence-electron chi connectivity index (χ3n) is 2.80. The minimum Gasteiger partial charge on any atom is -0.478 e. The Hall–Kier alpha value is -3.16. The van der Waals surface area contributed by atoms with Crippen LogP contribution in [0.4, 0.5) is 0 Å². The number of aromatic amines is 3. The van der Waals surface area contributed by atoms with E-state index in [0.717, 1.165) is 0 Å². The molecule has 0 unspecified atom stereocenters. The van der Waals surface area contributed by atoms with Gasteiger partial charge in [0.1, 0.15) is 11.3 Å². The molecule has 8 heteroatoms. The van der Waals surface area contributed by atoms with Crippen LogP contribution < -0.4 is 11.2 Å². The number of benzene rings is 1. The molecular weight excluding hydrogens is 264 g/mol. The highest BCUT2D eigenvalue weighted by Crippen LogP contribution is 2.21. The second kappa shape index (κ2) is 4.19. The van der Waals surface area contributed by atoms with Crippen LogP contribution in [0.3, 0.4) is 0 Å². The minimum atomic E-state index is -1.11. The van der Waals surface area contributed by atoms with E-state index >= 15 is 0 Å². The number of hydrogen-bond acceptors (Lipinski definition) is 4. The lowest BCUT2D eigenvalue weighted by Crippen LogP contribution is -2.21. The zero-order valence-electron chi connectivity index (χ0n) is 9.93. The van der Waals surface area contributed by atoms with E-state index in [1.165, 1.54) is 6.07 Å². The lowest BCUT2D eigenvalue weighted by molar-refractivity contribution is 0.0697. The largest absolute Gasteiger partial charge is 0.478 e. The normalized spacial score (nSPS) is 10.8. The highest BCUT2D eigenvalue weighted by atomic mass is 16.4. The molecule has 3 aromatic rings. The first-order valence-electron chi connectivity index (χ1n) is 5.61. The monoisotopic (exact) mass is 272 g/mol. The number of nitrogens with zero attached hydrogens (tertiary/aromatic N) is 1. The van der Waals surface area contributed by atoms with Crippen LogP contribution in [0.5, 0.6) is 0 Å². The molecule has 0 bridgehead atoms. The first kappa shape index (κ1) is 11.9. The Balaban J connectivity index is 2.31. The summed E-state index contributed by atoms with van der Waals surface area (Å²) in [7, 11) is 0. The van der Waals surface area contributed by atoms with E-state index in [1.54, 1.807) is 18.2 Å². The van der Waals surface area contributed by atoms with E-state index in [-0.39, 0.29) is 22.6 Å². The maximum Gasteiger partial charge on any atom is 0.336 e. The van der Waals surface area contributed by atoms with Gasteiger partial charge in [-0.3, -0.25) is 14.8 Å². The fourth-order valence-corrected chi connectivity index (χ4v) is 1.94. The van der Waals surface area contributed by atoms with Crippen molar-refractivity contribution in [2.75, 3.05) is 0 Å².